The summed E-state index contributed by atoms with van der Waals surface area (Å²) in [5, 5.41) is 5.56. The van der Waals surface area contributed by atoms with E-state index in [0.29, 0.717) is 6.61 Å². The fraction of sp³-hybridized carbons (Fsp3) is 0.409. The van der Waals surface area contributed by atoms with Crippen molar-refractivity contribution in [3.8, 4) is 5.75 Å². The average molecular weight is 399 g/mol. The van der Waals surface area contributed by atoms with Crippen molar-refractivity contribution < 1.29 is 19.1 Å². The van der Waals surface area contributed by atoms with E-state index in [0.717, 1.165) is 16.9 Å². The van der Waals surface area contributed by atoms with Crippen LogP contribution in [-0.4, -0.2) is 29.6 Å². The van der Waals surface area contributed by atoms with Gasteiger partial charge in [-0.25, -0.2) is 4.79 Å². The van der Waals surface area contributed by atoms with E-state index in [-0.39, 0.29) is 24.5 Å². The van der Waals surface area contributed by atoms with Crippen LogP contribution in [0.3, 0.4) is 0 Å². The zero-order valence-corrected chi connectivity index (χ0v) is 17.3. The zero-order chi connectivity index (χ0) is 21.2. The van der Waals surface area contributed by atoms with Gasteiger partial charge in [0.05, 0.1) is 12.6 Å². The molecule has 0 saturated heterocycles. The van der Waals surface area contributed by atoms with Crippen LogP contribution >= 0.6 is 0 Å². The molecule has 7 heteroatoms. The number of pyridine rings is 1. The third-order valence-corrected chi connectivity index (χ3v) is 4.37. The summed E-state index contributed by atoms with van der Waals surface area (Å²) in [7, 11) is 0. The third kappa shape index (κ3) is 7.10. The molecule has 0 fully saturated rings. The Kier molecular flexibility index (Phi) is 8.45. The van der Waals surface area contributed by atoms with E-state index in [2.05, 4.69) is 15.6 Å². The van der Waals surface area contributed by atoms with E-state index in [9.17, 15) is 9.59 Å². The molecule has 0 aliphatic heterocycles. The molecular weight excluding hydrogens is 370 g/mol. The number of hydrogen-bond acceptors (Lipinski definition) is 5. The Balaban J connectivity index is 1.92. The Morgan fingerprint density at radius 1 is 1.07 bits per heavy atom. The van der Waals surface area contributed by atoms with Crippen molar-refractivity contribution in [2.45, 2.75) is 46.4 Å². The van der Waals surface area contributed by atoms with E-state index < -0.39 is 12.1 Å². The quantitative estimate of drug-likeness (QED) is 0.672. The van der Waals surface area contributed by atoms with Crippen LogP contribution in [0, 0.1) is 5.92 Å². The molecule has 1 aromatic carbocycles. The van der Waals surface area contributed by atoms with Crippen LogP contribution in [0.5, 0.6) is 5.75 Å². The Labute approximate surface area is 171 Å². The first-order valence-electron chi connectivity index (χ1n) is 9.76. The molecule has 0 spiro atoms. The maximum Gasteiger partial charge on any atom is 0.407 e. The summed E-state index contributed by atoms with van der Waals surface area (Å²) in [6, 6.07) is 10.5. The summed E-state index contributed by atoms with van der Waals surface area (Å²) < 4.78 is 10.6. The Morgan fingerprint density at radius 2 is 1.79 bits per heavy atom. The number of carbonyl (C=O) groups is 2. The monoisotopic (exact) mass is 399 g/mol. The summed E-state index contributed by atoms with van der Waals surface area (Å²) in [6.45, 7) is 8.05. The first-order valence-corrected chi connectivity index (χ1v) is 9.76. The maximum absolute atomic E-state index is 12.6. The van der Waals surface area contributed by atoms with Gasteiger partial charge in [0, 0.05) is 18.0 Å². The van der Waals surface area contributed by atoms with Crippen molar-refractivity contribution in [3.05, 3.63) is 59.9 Å². The van der Waals surface area contributed by atoms with Crippen molar-refractivity contribution in [3.63, 3.8) is 0 Å². The van der Waals surface area contributed by atoms with Gasteiger partial charge in [0.15, 0.2) is 0 Å². The van der Waals surface area contributed by atoms with Crippen molar-refractivity contribution in [1.29, 1.82) is 0 Å². The highest BCUT2D eigenvalue weighted by atomic mass is 16.5. The smallest absolute Gasteiger partial charge is 0.407 e. The van der Waals surface area contributed by atoms with E-state index in [1.165, 1.54) is 0 Å². The number of ether oxygens (including phenoxy) is 2. The van der Waals surface area contributed by atoms with Gasteiger partial charge in [-0.3, -0.25) is 9.78 Å². The lowest BCUT2D eigenvalue weighted by atomic mass is 10.0. The molecule has 1 heterocycles. The molecule has 2 unspecified atom stereocenters. The largest absolute Gasteiger partial charge is 0.489 e. The van der Waals surface area contributed by atoms with Crippen molar-refractivity contribution in [2.75, 3.05) is 6.61 Å². The highest BCUT2D eigenvalue weighted by Crippen LogP contribution is 2.19. The van der Waals surface area contributed by atoms with Crippen molar-refractivity contribution in [2.24, 2.45) is 5.92 Å². The molecule has 2 aromatic rings. The summed E-state index contributed by atoms with van der Waals surface area (Å²) >= 11 is 0. The second-order valence-corrected chi connectivity index (χ2v) is 7.04. The summed E-state index contributed by atoms with van der Waals surface area (Å²) in [5.41, 5.74) is 1.93. The standard InChI is InChI=1S/C22H29N3O4/c1-5-28-22(27)25-20(15(2)3)21(26)24-16(4)18-8-10-19(11-9-18)29-14-17-7-6-12-23-13-17/h6-13,15-16,20H,5,14H2,1-4H3,(H,24,26)(H,25,27). The van der Waals surface area contributed by atoms with Crippen LogP contribution in [0.2, 0.25) is 0 Å². The number of hydrogen-bond donors (Lipinski definition) is 2. The van der Waals surface area contributed by atoms with Gasteiger partial charge in [-0.05, 0) is 43.5 Å². The van der Waals surface area contributed by atoms with Crippen LogP contribution in [0.4, 0.5) is 4.79 Å². The number of rotatable bonds is 9. The number of aromatic nitrogens is 1. The number of alkyl carbamates (subject to hydrolysis) is 1. The fourth-order valence-corrected chi connectivity index (χ4v) is 2.72. The first kappa shape index (κ1) is 22.2. The maximum atomic E-state index is 12.6. The number of carbonyl (C=O) groups excluding carboxylic acids is 2. The lowest BCUT2D eigenvalue weighted by molar-refractivity contribution is -0.124. The predicted octanol–water partition coefficient (Wildman–Crippen LogP) is 3.61. The molecule has 2 atom stereocenters. The minimum absolute atomic E-state index is 0.0742. The molecule has 0 saturated carbocycles. The molecule has 1 aromatic heterocycles. The normalized spacial score (nSPS) is 12.7. The second-order valence-electron chi connectivity index (χ2n) is 7.04. The molecular formula is C22H29N3O4. The summed E-state index contributed by atoms with van der Waals surface area (Å²) in [4.78, 5) is 28.4. The Bertz CT molecular complexity index is 778. The van der Waals surface area contributed by atoms with E-state index in [1.807, 2.05) is 57.2 Å². The van der Waals surface area contributed by atoms with Crippen LogP contribution in [-0.2, 0) is 16.1 Å². The van der Waals surface area contributed by atoms with Gasteiger partial charge in [0.2, 0.25) is 5.91 Å². The molecule has 0 aliphatic carbocycles. The van der Waals surface area contributed by atoms with Gasteiger partial charge in [-0.2, -0.15) is 0 Å². The fourth-order valence-electron chi connectivity index (χ4n) is 2.72. The third-order valence-electron chi connectivity index (χ3n) is 4.37. The average Bonchev–Trinajstić information content (AvgIpc) is 2.71. The highest BCUT2D eigenvalue weighted by molar-refractivity contribution is 5.86. The van der Waals surface area contributed by atoms with E-state index >= 15 is 0 Å². The van der Waals surface area contributed by atoms with Gasteiger partial charge in [-0.15, -0.1) is 0 Å². The Hall–Kier alpha value is -3.09. The topological polar surface area (TPSA) is 89.5 Å². The zero-order valence-electron chi connectivity index (χ0n) is 17.3. The molecule has 29 heavy (non-hydrogen) atoms. The number of nitrogens with zero attached hydrogens (tertiary/aromatic N) is 1. The van der Waals surface area contributed by atoms with E-state index in [1.54, 1.807) is 19.3 Å². The van der Waals surface area contributed by atoms with Gasteiger partial charge in [0.25, 0.3) is 0 Å². The van der Waals surface area contributed by atoms with Gasteiger partial charge >= 0.3 is 6.09 Å². The number of amides is 2. The molecule has 0 bridgehead atoms. The summed E-state index contributed by atoms with van der Waals surface area (Å²) in [5.74, 6) is 0.410. The molecule has 156 valence electrons. The molecule has 0 radical (unpaired) electrons. The van der Waals surface area contributed by atoms with Crippen LogP contribution in [0.1, 0.15) is 44.9 Å². The van der Waals surface area contributed by atoms with Crippen molar-refractivity contribution in [1.82, 2.24) is 15.6 Å². The highest BCUT2D eigenvalue weighted by Gasteiger charge is 2.26. The number of nitrogens with one attached hydrogen (secondary N) is 2. The lowest BCUT2D eigenvalue weighted by Gasteiger charge is -2.24. The Morgan fingerprint density at radius 3 is 2.38 bits per heavy atom. The minimum atomic E-state index is -0.668. The lowest BCUT2D eigenvalue weighted by Crippen LogP contribution is -2.50. The van der Waals surface area contributed by atoms with Crippen LogP contribution < -0.4 is 15.4 Å². The van der Waals surface area contributed by atoms with Crippen molar-refractivity contribution >= 4 is 12.0 Å². The minimum Gasteiger partial charge on any atom is -0.489 e. The van der Waals surface area contributed by atoms with Crippen LogP contribution in [0.25, 0.3) is 0 Å². The molecule has 2 amide bonds. The predicted molar refractivity (Wildman–Crippen MR) is 110 cm³/mol. The molecule has 2 rings (SSSR count). The SMILES string of the molecule is CCOC(=O)NC(C(=O)NC(C)c1ccc(OCc2cccnc2)cc1)C(C)C. The van der Waals surface area contributed by atoms with Gasteiger partial charge in [-0.1, -0.05) is 32.0 Å². The second kappa shape index (κ2) is 11.0. The molecule has 7 nitrogen and oxygen atoms in total. The molecule has 2 N–H and O–H groups in total. The number of benzene rings is 1. The van der Waals surface area contributed by atoms with E-state index in [4.69, 9.17) is 9.47 Å². The van der Waals surface area contributed by atoms with Gasteiger partial charge < -0.3 is 20.1 Å². The summed E-state index contributed by atoms with van der Waals surface area (Å²) in [6.07, 6.45) is 2.89. The van der Waals surface area contributed by atoms with Gasteiger partial charge in [0.1, 0.15) is 18.4 Å². The van der Waals surface area contributed by atoms with Crippen LogP contribution in [0.15, 0.2) is 48.8 Å². The molecule has 0 aliphatic rings. The first-order chi connectivity index (χ1) is 13.9.